The third-order valence-corrected chi connectivity index (χ3v) is 8.39. The number of alkyl halides is 3. The van der Waals surface area contributed by atoms with Crippen molar-refractivity contribution in [3.8, 4) is 5.75 Å². The molecule has 43 heavy (non-hydrogen) atoms. The number of furan rings is 1. The van der Waals surface area contributed by atoms with E-state index in [1.807, 2.05) is 24.3 Å². The van der Waals surface area contributed by atoms with Crippen LogP contribution in [0.15, 0.2) is 65.3 Å². The van der Waals surface area contributed by atoms with Crippen LogP contribution in [0.1, 0.15) is 50.7 Å². The second kappa shape index (κ2) is 13.8. The molecule has 1 saturated heterocycles. The van der Waals surface area contributed by atoms with Crippen molar-refractivity contribution < 1.29 is 51.3 Å². The highest BCUT2D eigenvalue weighted by molar-refractivity contribution is 5.88. The van der Waals surface area contributed by atoms with Gasteiger partial charge in [0.2, 0.25) is 5.60 Å². The van der Waals surface area contributed by atoms with Crippen molar-refractivity contribution in [2.24, 2.45) is 5.92 Å². The van der Waals surface area contributed by atoms with Gasteiger partial charge in [-0.25, -0.2) is 4.79 Å². The maximum atomic E-state index is 13.4. The molecule has 1 saturated carbocycles. The van der Waals surface area contributed by atoms with Crippen molar-refractivity contribution in [1.82, 2.24) is 0 Å². The van der Waals surface area contributed by atoms with Crippen LogP contribution in [-0.4, -0.2) is 67.1 Å². The zero-order valence-corrected chi connectivity index (χ0v) is 24.2. The average Bonchev–Trinajstić information content (AvgIpc) is 3.66. The Morgan fingerprint density at radius 3 is 2.40 bits per heavy atom. The number of carbonyl (C=O) groups is 2. The number of aliphatic hydroxyl groups is 1. The van der Waals surface area contributed by atoms with Crippen molar-refractivity contribution in [3.63, 3.8) is 0 Å². The van der Waals surface area contributed by atoms with Crippen LogP contribution in [0.5, 0.6) is 5.75 Å². The molecular formula is C32H38F3NO7. The van der Waals surface area contributed by atoms with Crippen LogP contribution in [0.3, 0.4) is 0 Å². The molecular weight excluding hydrogens is 567 g/mol. The molecule has 2 fully saturated rings. The molecule has 11 heteroatoms. The summed E-state index contributed by atoms with van der Waals surface area (Å²) in [4.78, 5) is 22.2. The topological polar surface area (TPSA) is 109 Å². The summed E-state index contributed by atoms with van der Waals surface area (Å²) in [5.74, 6) is -2.50. The Hall–Kier alpha value is -3.57. The molecule has 3 aromatic rings. The number of ether oxygens (including phenoxy) is 2. The van der Waals surface area contributed by atoms with E-state index >= 15 is 0 Å². The van der Waals surface area contributed by atoms with Gasteiger partial charge in [-0.1, -0.05) is 55.7 Å². The molecule has 3 unspecified atom stereocenters. The SMILES string of the molecule is C[N+]1(CCCOc2cccc3ccccc23)CCC(OC(=O)C(O)(c2ccco2)C2CCCCC2)C1.O=C([O-])C(F)(F)F. The minimum atomic E-state index is -5.19. The molecule has 0 amide bonds. The Morgan fingerprint density at radius 2 is 1.72 bits per heavy atom. The smallest absolute Gasteiger partial charge is 0.430 e. The predicted octanol–water partition coefficient (Wildman–Crippen LogP) is 4.73. The lowest BCUT2D eigenvalue weighted by Gasteiger charge is -2.35. The maximum absolute atomic E-state index is 13.4. The first-order valence-electron chi connectivity index (χ1n) is 14.6. The van der Waals surface area contributed by atoms with Gasteiger partial charge in [-0.15, -0.1) is 0 Å². The normalized spacial score (nSPS) is 22.3. The van der Waals surface area contributed by atoms with Crippen LogP contribution < -0.4 is 9.84 Å². The monoisotopic (exact) mass is 605 g/mol. The van der Waals surface area contributed by atoms with Gasteiger partial charge in [-0.3, -0.25) is 0 Å². The molecule has 2 aromatic carbocycles. The van der Waals surface area contributed by atoms with Crippen molar-refractivity contribution in [2.75, 3.05) is 33.3 Å². The zero-order chi connectivity index (χ0) is 31.1. The number of likely N-dealkylation sites (tertiary alicyclic amines) is 1. The summed E-state index contributed by atoms with van der Waals surface area (Å²) < 4.78 is 50.0. The molecule has 0 radical (unpaired) electrons. The number of hydrogen-bond donors (Lipinski definition) is 1. The number of halogens is 3. The summed E-state index contributed by atoms with van der Waals surface area (Å²) in [6, 6.07) is 17.8. The first-order chi connectivity index (χ1) is 20.4. The first-order valence-corrected chi connectivity index (χ1v) is 14.6. The number of aliphatic carboxylic acids is 1. The molecule has 1 N–H and O–H groups in total. The number of carboxylic acids is 1. The maximum Gasteiger partial charge on any atom is 0.430 e. The number of fused-ring (bicyclic) bond motifs is 1. The zero-order valence-electron chi connectivity index (χ0n) is 24.2. The highest BCUT2D eigenvalue weighted by atomic mass is 19.4. The van der Waals surface area contributed by atoms with E-state index in [9.17, 15) is 23.1 Å². The first kappa shape index (κ1) is 32.3. The van der Waals surface area contributed by atoms with E-state index in [2.05, 4.69) is 25.2 Å². The number of hydrogen-bond acceptors (Lipinski definition) is 7. The van der Waals surface area contributed by atoms with E-state index < -0.39 is 23.7 Å². The van der Waals surface area contributed by atoms with Crippen molar-refractivity contribution in [2.45, 2.75) is 62.8 Å². The third kappa shape index (κ3) is 8.08. The van der Waals surface area contributed by atoms with Gasteiger partial charge in [0.15, 0.2) is 6.10 Å². The molecule has 234 valence electrons. The highest BCUT2D eigenvalue weighted by Gasteiger charge is 2.51. The van der Waals surface area contributed by atoms with Crippen LogP contribution in [0.4, 0.5) is 13.2 Å². The highest BCUT2D eigenvalue weighted by Crippen LogP contribution is 2.41. The fourth-order valence-electron chi connectivity index (χ4n) is 6.10. The number of benzene rings is 2. The van der Waals surface area contributed by atoms with Crippen LogP contribution in [0.25, 0.3) is 10.8 Å². The molecule has 5 rings (SSSR count). The van der Waals surface area contributed by atoms with E-state index in [-0.39, 0.29) is 12.0 Å². The summed E-state index contributed by atoms with van der Waals surface area (Å²) in [6.45, 7) is 3.28. The van der Waals surface area contributed by atoms with Gasteiger partial charge < -0.3 is 33.4 Å². The number of carboxylic acid groups (broad SMARTS) is 1. The van der Waals surface area contributed by atoms with Gasteiger partial charge >= 0.3 is 12.1 Å². The predicted molar refractivity (Wildman–Crippen MR) is 150 cm³/mol. The molecule has 1 aliphatic carbocycles. The van der Waals surface area contributed by atoms with Gasteiger partial charge in [0.05, 0.1) is 33.0 Å². The molecule has 2 aliphatic rings. The quantitative estimate of drug-likeness (QED) is 0.213. The molecule has 2 heterocycles. The van der Waals surface area contributed by atoms with E-state index in [0.29, 0.717) is 12.4 Å². The van der Waals surface area contributed by atoms with Gasteiger partial charge in [-0.2, -0.15) is 13.2 Å². The average molecular weight is 606 g/mol. The van der Waals surface area contributed by atoms with Crippen LogP contribution in [0.2, 0.25) is 0 Å². The van der Waals surface area contributed by atoms with Gasteiger partial charge in [-0.05, 0) is 36.4 Å². The lowest BCUT2D eigenvalue weighted by molar-refractivity contribution is -0.899. The fraction of sp³-hybridized carbons (Fsp3) is 0.500. The van der Waals surface area contributed by atoms with E-state index in [0.717, 1.165) is 80.2 Å². The van der Waals surface area contributed by atoms with Crippen LogP contribution in [-0.2, 0) is 19.9 Å². The number of likely N-dealkylation sites (N-methyl/N-ethyl adjacent to an activating group) is 1. The second-order valence-electron chi connectivity index (χ2n) is 11.6. The van der Waals surface area contributed by atoms with E-state index in [4.69, 9.17) is 23.8 Å². The lowest BCUT2D eigenvalue weighted by Crippen LogP contribution is -2.47. The van der Waals surface area contributed by atoms with Crippen molar-refractivity contribution in [1.29, 1.82) is 0 Å². The number of rotatable bonds is 9. The molecule has 1 aromatic heterocycles. The minimum absolute atomic E-state index is 0.168. The Bertz CT molecular complexity index is 1350. The summed E-state index contributed by atoms with van der Waals surface area (Å²) in [5.41, 5.74) is -1.71. The number of esters is 1. The third-order valence-electron chi connectivity index (χ3n) is 8.39. The minimum Gasteiger partial charge on any atom is -0.542 e. The van der Waals surface area contributed by atoms with Gasteiger partial charge in [0.1, 0.15) is 24.0 Å². The Kier molecular flexibility index (Phi) is 10.4. The van der Waals surface area contributed by atoms with E-state index in [1.165, 1.54) is 11.6 Å². The molecule has 8 nitrogen and oxygen atoms in total. The summed E-state index contributed by atoms with van der Waals surface area (Å²) >= 11 is 0. The van der Waals surface area contributed by atoms with E-state index in [1.54, 1.807) is 12.1 Å². The number of quaternary nitrogens is 1. The second-order valence-corrected chi connectivity index (χ2v) is 11.6. The van der Waals surface area contributed by atoms with Crippen LogP contribution in [0, 0.1) is 5.92 Å². The standard InChI is InChI=1S/C30H38NO5.C2HF3O2/c1-31(18-9-21-34-27-15-7-11-23-10-5-6-14-26(23)27)19-17-25(22-31)36-29(32)30(33,28-16-8-20-35-28)24-12-3-2-4-13-24;3-2(4,5)1(6)7/h5-8,10-11,14-16,20,24-25,33H,2-4,9,12-13,17-19,21-22H2,1H3;(H,6,7)/q+1;/p-1. The fourth-order valence-corrected chi connectivity index (χ4v) is 6.10. The summed E-state index contributed by atoms with van der Waals surface area (Å²) in [5, 5.41) is 22.7. The Balaban J connectivity index is 0.000000541. The molecule has 0 spiro atoms. The Labute approximate surface area is 248 Å². The van der Waals surface area contributed by atoms with Gasteiger partial charge in [0.25, 0.3) is 0 Å². The van der Waals surface area contributed by atoms with Crippen molar-refractivity contribution in [3.05, 3.63) is 66.6 Å². The number of carbonyl (C=O) groups excluding carboxylic acids is 2. The molecule has 1 aliphatic heterocycles. The molecule has 3 atom stereocenters. The van der Waals surface area contributed by atoms with Crippen molar-refractivity contribution >= 4 is 22.7 Å². The largest absolute Gasteiger partial charge is 0.542 e. The summed E-state index contributed by atoms with van der Waals surface area (Å²) in [7, 11) is 2.21. The molecule has 0 bridgehead atoms. The van der Waals surface area contributed by atoms with Gasteiger partial charge in [0, 0.05) is 24.1 Å². The summed E-state index contributed by atoms with van der Waals surface area (Å²) in [6.07, 6.45) is 2.61. The lowest BCUT2D eigenvalue weighted by atomic mass is 9.75. The number of nitrogens with zero attached hydrogens (tertiary/aromatic N) is 1. The van der Waals surface area contributed by atoms with Crippen LogP contribution >= 0.6 is 0 Å². The Morgan fingerprint density at radius 1 is 1.02 bits per heavy atom.